The van der Waals surface area contributed by atoms with Crippen LogP contribution in [0.4, 0.5) is 4.79 Å². The minimum Gasteiger partial charge on any atom is -0.444 e. The third-order valence-electron chi connectivity index (χ3n) is 5.53. The summed E-state index contributed by atoms with van der Waals surface area (Å²) in [6.45, 7) is 11.2. The molecular weight excluding hydrogens is 464 g/mol. The number of carbonyl (C=O) groups is 1. The Morgan fingerprint density at radius 2 is 1.57 bits per heavy atom. The number of aryl methyl sites for hydroxylation is 1. The Morgan fingerprint density at radius 1 is 1.00 bits per heavy atom. The predicted octanol–water partition coefficient (Wildman–Crippen LogP) is 4.48. The Kier molecular flexibility index (Phi) is 9.89. The van der Waals surface area contributed by atoms with Gasteiger partial charge in [0.15, 0.2) is 0 Å². The highest BCUT2D eigenvalue weighted by Crippen LogP contribution is 2.22. The Morgan fingerprint density at radius 3 is 2.09 bits per heavy atom. The summed E-state index contributed by atoms with van der Waals surface area (Å²) in [5.41, 5.74) is 1.18. The van der Waals surface area contributed by atoms with Gasteiger partial charge in [0.2, 0.25) is 10.0 Å². The van der Waals surface area contributed by atoms with Crippen LogP contribution in [0.2, 0.25) is 0 Å². The van der Waals surface area contributed by atoms with Crippen molar-refractivity contribution in [1.29, 1.82) is 0 Å². The molecule has 0 aliphatic rings. The van der Waals surface area contributed by atoms with Crippen LogP contribution >= 0.6 is 0 Å². The fourth-order valence-electron chi connectivity index (χ4n) is 3.72. The molecule has 0 heterocycles. The molecule has 2 unspecified atom stereocenters. The molecule has 2 rings (SSSR count). The second kappa shape index (κ2) is 12.0. The summed E-state index contributed by atoms with van der Waals surface area (Å²) in [5, 5.41) is 11.4. The van der Waals surface area contributed by atoms with Crippen molar-refractivity contribution in [3.05, 3.63) is 65.7 Å². The summed E-state index contributed by atoms with van der Waals surface area (Å²) in [4.78, 5) is 14.4. The van der Waals surface area contributed by atoms with Gasteiger partial charge < -0.3 is 14.7 Å². The first kappa shape index (κ1) is 28.8. The van der Waals surface area contributed by atoms with Crippen LogP contribution in [0, 0.1) is 12.8 Å². The topological polar surface area (TPSA) is 87.2 Å². The molecule has 0 aliphatic heterocycles. The fourth-order valence-corrected chi connectivity index (χ4v) is 5.35. The molecule has 35 heavy (non-hydrogen) atoms. The van der Waals surface area contributed by atoms with Gasteiger partial charge >= 0.3 is 6.09 Å². The Hall–Kier alpha value is -2.42. The number of rotatable bonds is 10. The molecule has 0 radical (unpaired) electrons. The molecule has 0 bridgehead atoms. The lowest BCUT2D eigenvalue weighted by Crippen LogP contribution is -2.52. The van der Waals surface area contributed by atoms with E-state index >= 15 is 0 Å². The molecule has 2 atom stereocenters. The largest absolute Gasteiger partial charge is 0.444 e. The number of amides is 1. The Labute approximate surface area is 210 Å². The summed E-state index contributed by atoms with van der Waals surface area (Å²) in [7, 11) is -2.27. The third-order valence-corrected chi connectivity index (χ3v) is 7.37. The maximum Gasteiger partial charge on any atom is 0.410 e. The third kappa shape index (κ3) is 8.63. The highest BCUT2D eigenvalue weighted by atomic mass is 32.2. The number of likely N-dealkylation sites (N-methyl/N-ethyl adjacent to an activating group) is 1. The van der Waals surface area contributed by atoms with Crippen molar-refractivity contribution in [2.24, 2.45) is 5.92 Å². The second-order valence-corrected chi connectivity index (χ2v) is 12.4. The van der Waals surface area contributed by atoms with E-state index in [2.05, 4.69) is 0 Å². The molecule has 0 saturated heterocycles. The van der Waals surface area contributed by atoms with Crippen LogP contribution in [0.25, 0.3) is 0 Å². The van der Waals surface area contributed by atoms with Gasteiger partial charge in [0, 0.05) is 20.1 Å². The van der Waals surface area contributed by atoms with Crippen molar-refractivity contribution in [3.63, 3.8) is 0 Å². The van der Waals surface area contributed by atoms with Gasteiger partial charge in [-0.25, -0.2) is 13.2 Å². The van der Waals surface area contributed by atoms with E-state index in [0.29, 0.717) is 6.42 Å². The van der Waals surface area contributed by atoms with Gasteiger partial charge in [-0.1, -0.05) is 61.9 Å². The summed E-state index contributed by atoms with van der Waals surface area (Å²) in [5.74, 6) is 0.0404. The molecule has 1 amide bonds. The lowest BCUT2D eigenvalue weighted by molar-refractivity contribution is -0.00118. The molecule has 1 N–H and O–H groups in total. The molecule has 2 aromatic rings. The molecule has 0 aliphatic carbocycles. The fraction of sp³-hybridized carbons (Fsp3) is 0.519. The number of carbonyl (C=O) groups excluding carboxylic acids is 1. The highest BCUT2D eigenvalue weighted by molar-refractivity contribution is 7.89. The number of nitrogens with zero attached hydrogens (tertiary/aromatic N) is 2. The number of sulfonamides is 1. The van der Waals surface area contributed by atoms with Gasteiger partial charge in [-0.15, -0.1) is 0 Å². The summed E-state index contributed by atoms with van der Waals surface area (Å²) < 4.78 is 33.8. The van der Waals surface area contributed by atoms with Crippen LogP contribution in [0.5, 0.6) is 0 Å². The van der Waals surface area contributed by atoms with Crippen molar-refractivity contribution in [1.82, 2.24) is 9.21 Å². The van der Waals surface area contributed by atoms with E-state index in [1.165, 1.54) is 9.21 Å². The Balaban J connectivity index is 2.38. The predicted molar refractivity (Wildman–Crippen MR) is 139 cm³/mol. The maximum atomic E-state index is 13.5. The Bertz CT molecular complexity index is 1050. The number of aliphatic hydroxyl groups is 1. The quantitative estimate of drug-likeness (QED) is 0.515. The van der Waals surface area contributed by atoms with Crippen LogP contribution in [-0.2, 0) is 21.2 Å². The van der Waals surface area contributed by atoms with Crippen molar-refractivity contribution in [2.45, 2.75) is 70.6 Å². The van der Waals surface area contributed by atoms with E-state index in [4.69, 9.17) is 4.74 Å². The average molecular weight is 505 g/mol. The molecular formula is C27H40N2O5S. The summed E-state index contributed by atoms with van der Waals surface area (Å²) >= 11 is 0. The first-order valence-corrected chi connectivity index (χ1v) is 13.4. The number of hydrogen-bond donors (Lipinski definition) is 1. The minimum absolute atomic E-state index is 0.0404. The van der Waals surface area contributed by atoms with Gasteiger partial charge in [0.05, 0.1) is 17.0 Å². The van der Waals surface area contributed by atoms with Crippen LogP contribution in [0.3, 0.4) is 0 Å². The van der Waals surface area contributed by atoms with Crippen LogP contribution in [0.1, 0.15) is 45.7 Å². The van der Waals surface area contributed by atoms with Crippen LogP contribution in [-0.4, -0.2) is 66.7 Å². The van der Waals surface area contributed by atoms with Crippen molar-refractivity contribution in [2.75, 3.05) is 20.1 Å². The smallest absolute Gasteiger partial charge is 0.410 e. The molecule has 194 valence electrons. The number of ether oxygens (including phenoxy) is 1. The van der Waals surface area contributed by atoms with E-state index in [1.807, 2.05) is 51.1 Å². The first-order chi connectivity index (χ1) is 16.2. The molecule has 0 spiro atoms. The lowest BCUT2D eigenvalue weighted by Gasteiger charge is -2.36. The van der Waals surface area contributed by atoms with Gasteiger partial charge in [-0.05, 0) is 57.7 Å². The van der Waals surface area contributed by atoms with Gasteiger partial charge in [-0.3, -0.25) is 0 Å². The normalized spacial score (nSPS) is 14.1. The summed E-state index contributed by atoms with van der Waals surface area (Å²) in [6, 6.07) is 15.5. The van der Waals surface area contributed by atoms with Gasteiger partial charge in [0.25, 0.3) is 0 Å². The van der Waals surface area contributed by atoms with Crippen molar-refractivity contribution in [3.8, 4) is 0 Å². The van der Waals surface area contributed by atoms with Crippen molar-refractivity contribution >= 4 is 16.1 Å². The number of benzene rings is 2. The van der Waals surface area contributed by atoms with E-state index in [1.54, 1.807) is 52.1 Å². The summed E-state index contributed by atoms with van der Waals surface area (Å²) in [6.07, 6.45) is -1.38. The molecule has 7 nitrogen and oxygen atoms in total. The SMILES string of the molecule is Cc1ccc(S(=O)(=O)N(CC(C)C)CC(O)C(Cc2ccccc2)N(C)C(=O)OC(C)(C)C)cc1. The standard InChI is InChI=1S/C27H40N2O5S/c1-20(2)18-29(35(32,33)23-15-13-21(3)14-16-23)19-25(30)24(17-22-11-9-8-10-12-22)28(7)26(31)34-27(4,5)6/h8-16,20,24-25,30H,17-19H2,1-7H3. The minimum atomic E-state index is -3.85. The molecule has 2 aromatic carbocycles. The van der Waals surface area contributed by atoms with Crippen molar-refractivity contribution < 1.29 is 23.1 Å². The monoisotopic (exact) mass is 504 g/mol. The molecule has 8 heteroatoms. The number of aliphatic hydroxyl groups excluding tert-OH is 1. The molecule has 0 saturated carbocycles. The van der Waals surface area contributed by atoms with E-state index in [0.717, 1.165) is 11.1 Å². The zero-order valence-electron chi connectivity index (χ0n) is 21.9. The maximum absolute atomic E-state index is 13.5. The molecule has 0 fully saturated rings. The van der Waals surface area contributed by atoms with Crippen LogP contribution in [0.15, 0.2) is 59.5 Å². The van der Waals surface area contributed by atoms with E-state index < -0.39 is 33.9 Å². The number of hydrogen-bond acceptors (Lipinski definition) is 5. The second-order valence-electron chi connectivity index (χ2n) is 10.4. The first-order valence-electron chi connectivity index (χ1n) is 12.0. The zero-order valence-corrected chi connectivity index (χ0v) is 22.7. The lowest BCUT2D eigenvalue weighted by atomic mass is 10.00. The van der Waals surface area contributed by atoms with Gasteiger partial charge in [0.1, 0.15) is 5.60 Å². The highest BCUT2D eigenvalue weighted by Gasteiger charge is 2.35. The zero-order chi connectivity index (χ0) is 26.4. The van der Waals surface area contributed by atoms with Crippen LogP contribution < -0.4 is 0 Å². The van der Waals surface area contributed by atoms with Gasteiger partial charge in [-0.2, -0.15) is 4.31 Å². The van der Waals surface area contributed by atoms with E-state index in [9.17, 15) is 18.3 Å². The molecule has 0 aromatic heterocycles. The average Bonchev–Trinajstić information content (AvgIpc) is 2.76. The van der Waals surface area contributed by atoms with E-state index in [-0.39, 0.29) is 23.9 Å².